The second kappa shape index (κ2) is 8.18. The van der Waals surface area contributed by atoms with E-state index in [-0.39, 0.29) is 1.43 Å². The van der Waals surface area contributed by atoms with Crippen LogP contribution in [0.1, 0.15) is 18.2 Å². The quantitative estimate of drug-likeness (QED) is 0.659. The van der Waals surface area contributed by atoms with Crippen molar-refractivity contribution in [1.29, 1.82) is 0 Å². The minimum atomic E-state index is 0. The average Bonchev–Trinajstić information content (AvgIpc) is 3.06. The van der Waals surface area contributed by atoms with Crippen molar-refractivity contribution < 1.29 is 6.16 Å². The molecule has 0 aliphatic heterocycles. The fourth-order valence-electron chi connectivity index (χ4n) is 2.76. The highest BCUT2D eigenvalue weighted by Gasteiger charge is 2.13. The molecule has 0 fully saturated rings. The van der Waals surface area contributed by atoms with Crippen LogP contribution in [0.5, 0.6) is 0 Å². The molecule has 0 atom stereocenters. The molecule has 3 rings (SSSR count). The van der Waals surface area contributed by atoms with Gasteiger partial charge in [-0.1, -0.05) is 18.2 Å². The maximum atomic E-state index is 5.20. The molecule has 0 aliphatic rings. The summed E-state index contributed by atoms with van der Waals surface area (Å²) in [6.45, 7) is 7.52. The molecule has 1 aromatic carbocycles. The Morgan fingerprint density at radius 2 is 1.96 bits per heavy atom. The molecule has 27 heavy (non-hydrogen) atoms. The molecule has 0 amide bonds. The van der Waals surface area contributed by atoms with E-state index in [2.05, 4.69) is 46.4 Å². The van der Waals surface area contributed by atoms with Crippen molar-refractivity contribution in [2.75, 3.05) is 37.5 Å². The van der Waals surface area contributed by atoms with Crippen LogP contribution < -0.4 is 10.2 Å². The number of aromatic nitrogens is 4. The molecule has 0 radical (unpaired) electrons. The van der Waals surface area contributed by atoms with Crippen LogP contribution in [0.3, 0.4) is 0 Å². The fraction of sp³-hybridized carbons (Fsp3) is 0.350. The Morgan fingerprint density at radius 1 is 1.15 bits per heavy atom. The van der Waals surface area contributed by atoms with Gasteiger partial charge >= 0.3 is 0 Å². The minimum Gasteiger partial charge on any atom is -0.383 e. The van der Waals surface area contributed by atoms with E-state index < -0.39 is 0 Å². The number of rotatable bonds is 7. The van der Waals surface area contributed by atoms with Crippen molar-refractivity contribution in [3.05, 3.63) is 47.2 Å². The predicted molar refractivity (Wildman–Crippen MR) is 111 cm³/mol. The highest BCUT2D eigenvalue weighted by atomic mass is 16.5. The van der Waals surface area contributed by atoms with Gasteiger partial charge in [-0.3, -0.25) is 5.10 Å². The molecule has 0 unspecified atom stereocenters. The largest absolute Gasteiger partial charge is 0.383 e. The molecule has 0 bridgehead atoms. The zero-order valence-electron chi connectivity index (χ0n) is 16.5. The van der Waals surface area contributed by atoms with Crippen molar-refractivity contribution >= 4 is 17.5 Å². The Hall–Kier alpha value is -2.93. The summed E-state index contributed by atoms with van der Waals surface area (Å²) in [6.07, 6.45) is 0. The van der Waals surface area contributed by atoms with Crippen LogP contribution in [0.2, 0.25) is 0 Å². The van der Waals surface area contributed by atoms with Gasteiger partial charge in [0.15, 0.2) is 11.6 Å². The molecular weight excluding hydrogens is 340 g/mol. The fourth-order valence-corrected chi connectivity index (χ4v) is 2.76. The Labute approximate surface area is 161 Å². The van der Waals surface area contributed by atoms with Gasteiger partial charge in [0, 0.05) is 45.5 Å². The highest BCUT2D eigenvalue weighted by Crippen LogP contribution is 2.27. The summed E-state index contributed by atoms with van der Waals surface area (Å²) < 4.78 is 5.20. The van der Waals surface area contributed by atoms with Crippen molar-refractivity contribution in [3.8, 4) is 11.4 Å². The second-order valence-corrected chi connectivity index (χ2v) is 6.66. The number of hydrogen-bond donors (Lipinski definition) is 2. The topological polar surface area (TPSA) is 79.0 Å². The normalized spacial score (nSPS) is 10.9. The van der Waals surface area contributed by atoms with Crippen LogP contribution in [0.25, 0.3) is 11.4 Å². The van der Waals surface area contributed by atoms with E-state index in [1.54, 1.807) is 7.11 Å². The van der Waals surface area contributed by atoms with Gasteiger partial charge in [0.25, 0.3) is 0 Å². The molecule has 0 saturated heterocycles. The summed E-state index contributed by atoms with van der Waals surface area (Å²) in [5.74, 6) is 2.94. The van der Waals surface area contributed by atoms with Crippen LogP contribution in [0.4, 0.5) is 17.5 Å². The summed E-state index contributed by atoms with van der Waals surface area (Å²) in [6, 6.07) is 10.0. The third-order valence-corrected chi connectivity index (χ3v) is 4.54. The van der Waals surface area contributed by atoms with Crippen LogP contribution in [0, 0.1) is 20.8 Å². The third-order valence-electron chi connectivity index (χ3n) is 4.54. The molecule has 144 valence electrons. The number of nitrogens with zero attached hydrogens (tertiary/aromatic N) is 4. The lowest BCUT2D eigenvalue weighted by Crippen LogP contribution is -2.23. The van der Waals surface area contributed by atoms with E-state index >= 15 is 0 Å². The summed E-state index contributed by atoms with van der Waals surface area (Å²) in [7, 11) is 3.69. The minimum absolute atomic E-state index is 0. The molecular formula is C20H28N6O. The van der Waals surface area contributed by atoms with Crippen LogP contribution in [-0.4, -0.2) is 47.5 Å². The maximum absolute atomic E-state index is 5.20. The zero-order valence-corrected chi connectivity index (χ0v) is 16.5. The SMILES string of the molecule is COCCN(C)c1cc(Nc2cc(C)[nH]n2)nc(-c2cccc(C)c2C)n1.[HH]. The van der Waals surface area contributed by atoms with E-state index in [1.165, 1.54) is 11.1 Å². The lowest BCUT2D eigenvalue weighted by atomic mass is 10.0. The van der Waals surface area contributed by atoms with E-state index in [0.29, 0.717) is 18.2 Å². The Balaban J connectivity index is 0.00000280. The van der Waals surface area contributed by atoms with Gasteiger partial charge in [0.1, 0.15) is 11.6 Å². The molecule has 0 spiro atoms. The van der Waals surface area contributed by atoms with Gasteiger partial charge in [0.05, 0.1) is 6.61 Å². The van der Waals surface area contributed by atoms with E-state index in [4.69, 9.17) is 14.7 Å². The number of likely N-dealkylation sites (N-methyl/N-ethyl adjacent to an activating group) is 1. The van der Waals surface area contributed by atoms with Gasteiger partial charge < -0.3 is 15.0 Å². The first-order chi connectivity index (χ1) is 13.0. The van der Waals surface area contributed by atoms with Gasteiger partial charge in [-0.15, -0.1) is 0 Å². The summed E-state index contributed by atoms with van der Waals surface area (Å²) in [5, 5.41) is 10.4. The van der Waals surface area contributed by atoms with Crippen LogP contribution >= 0.6 is 0 Å². The van der Waals surface area contributed by atoms with E-state index in [9.17, 15) is 0 Å². The first-order valence-electron chi connectivity index (χ1n) is 8.92. The number of nitrogens with one attached hydrogen (secondary N) is 2. The van der Waals surface area contributed by atoms with Crippen LogP contribution in [0.15, 0.2) is 30.3 Å². The Kier molecular flexibility index (Phi) is 5.71. The average molecular weight is 368 g/mol. The number of aromatic amines is 1. The smallest absolute Gasteiger partial charge is 0.164 e. The number of anilines is 3. The molecule has 2 aromatic heterocycles. The predicted octanol–water partition coefficient (Wildman–Crippen LogP) is 3.86. The molecule has 7 heteroatoms. The molecule has 2 N–H and O–H groups in total. The number of hydrogen-bond acceptors (Lipinski definition) is 6. The van der Waals surface area contributed by atoms with E-state index in [1.807, 2.05) is 32.2 Å². The first-order valence-corrected chi connectivity index (χ1v) is 8.92. The zero-order chi connectivity index (χ0) is 19.4. The lowest BCUT2D eigenvalue weighted by Gasteiger charge is -2.19. The van der Waals surface area contributed by atoms with Crippen molar-refractivity contribution in [2.45, 2.75) is 20.8 Å². The molecule has 7 nitrogen and oxygen atoms in total. The lowest BCUT2D eigenvalue weighted by molar-refractivity contribution is 0.206. The van der Waals surface area contributed by atoms with Gasteiger partial charge in [-0.25, -0.2) is 9.97 Å². The summed E-state index contributed by atoms with van der Waals surface area (Å²) in [4.78, 5) is 11.6. The van der Waals surface area contributed by atoms with Crippen molar-refractivity contribution in [2.24, 2.45) is 0 Å². The third kappa shape index (κ3) is 4.43. The Bertz CT molecular complexity index is 927. The molecule has 2 heterocycles. The van der Waals surface area contributed by atoms with Gasteiger partial charge in [-0.2, -0.15) is 5.10 Å². The number of H-pyrrole nitrogens is 1. The number of ether oxygens (including phenoxy) is 1. The number of methoxy groups -OCH3 is 1. The van der Waals surface area contributed by atoms with E-state index in [0.717, 1.165) is 29.4 Å². The monoisotopic (exact) mass is 368 g/mol. The first kappa shape index (κ1) is 18.8. The maximum Gasteiger partial charge on any atom is 0.164 e. The van der Waals surface area contributed by atoms with Gasteiger partial charge in [0.2, 0.25) is 0 Å². The molecule has 0 saturated carbocycles. The second-order valence-electron chi connectivity index (χ2n) is 6.66. The standard InChI is InChI=1S/C20H26N6O.H2/c1-13-7-6-8-16(15(13)3)20-22-17(21-18-11-14(2)24-25-18)12-19(23-20)26(4)9-10-27-5;/h6-8,11-12H,9-10H2,1-5H3,(H2,21,22,23,24,25);1H. The van der Waals surface area contributed by atoms with Crippen molar-refractivity contribution in [1.82, 2.24) is 20.2 Å². The summed E-state index contributed by atoms with van der Waals surface area (Å²) in [5.41, 5.74) is 4.40. The molecule has 3 aromatic rings. The molecule has 0 aliphatic carbocycles. The van der Waals surface area contributed by atoms with Crippen LogP contribution in [-0.2, 0) is 4.74 Å². The van der Waals surface area contributed by atoms with Gasteiger partial charge in [-0.05, 0) is 31.9 Å². The Morgan fingerprint density at radius 3 is 2.67 bits per heavy atom. The van der Waals surface area contributed by atoms with Crippen molar-refractivity contribution in [3.63, 3.8) is 0 Å². The highest BCUT2D eigenvalue weighted by molar-refractivity contribution is 5.67. The summed E-state index contributed by atoms with van der Waals surface area (Å²) >= 11 is 0. The number of benzene rings is 1. The number of aryl methyl sites for hydroxylation is 2.